The van der Waals surface area contributed by atoms with Crippen LogP contribution in [0.4, 0.5) is 5.69 Å². The summed E-state index contributed by atoms with van der Waals surface area (Å²) in [6, 6.07) is 19.8. The summed E-state index contributed by atoms with van der Waals surface area (Å²) in [5, 5.41) is 13.2. The lowest BCUT2D eigenvalue weighted by atomic mass is 10.0. The highest BCUT2D eigenvalue weighted by molar-refractivity contribution is 8.00. The smallest absolute Gasteiger partial charge is 0.355 e. The van der Waals surface area contributed by atoms with Crippen molar-refractivity contribution in [1.29, 1.82) is 0 Å². The number of esters is 1. The minimum atomic E-state index is -0.762. The van der Waals surface area contributed by atoms with Crippen LogP contribution in [-0.4, -0.2) is 73.4 Å². The normalized spacial score (nSPS) is 17.8. The molecular formula is C41H49N3O10S2. The van der Waals surface area contributed by atoms with E-state index in [2.05, 4.69) is 19.2 Å². The summed E-state index contributed by atoms with van der Waals surface area (Å²) in [5.41, 5.74) is 2.56. The molecule has 6 rings (SSSR count). The van der Waals surface area contributed by atoms with Gasteiger partial charge in [0.25, 0.3) is 17.5 Å². The molecular weight excluding hydrogens is 759 g/mol. The minimum absolute atomic E-state index is 0.0609. The van der Waals surface area contributed by atoms with Crippen molar-refractivity contribution in [2.75, 3.05) is 24.9 Å². The fraction of sp³-hybridized carbons (Fsp3) is 0.439. The number of amides is 2. The van der Waals surface area contributed by atoms with E-state index in [0.29, 0.717) is 29.4 Å². The number of hydrogen-bond acceptors (Lipinski definition) is 11. The molecule has 3 aliphatic heterocycles. The largest absolute Gasteiger partial charge is 0.484 e. The zero-order valence-electron chi connectivity index (χ0n) is 31.9. The first-order valence-electron chi connectivity index (χ1n) is 18.8. The molecule has 15 heteroatoms. The van der Waals surface area contributed by atoms with Gasteiger partial charge in [-0.3, -0.25) is 28.8 Å². The van der Waals surface area contributed by atoms with E-state index in [-0.39, 0.29) is 29.8 Å². The Morgan fingerprint density at radius 3 is 2.43 bits per heavy atom. The predicted octanol–water partition coefficient (Wildman–Crippen LogP) is 6.85. The highest BCUT2D eigenvalue weighted by Gasteiger charge is 2.54. The van der Waals surface area contributed by atoms with Gasteiger partial charge in [0.15, 0.2) is 18.1 Å². The Morgan fingerprint density at radius 1 is 1.00 bits per heavy atom. The van der Waals surface area contributed by atoms with Gasteiger partial charge >= 0.3 is 5.97 Å². The van der Waals surface area contributed by atoms with Gasteiger partial charge in [-0.1, -0.05) is 70.2 Å². The molecule has 2 amide bonds. The van der Waals surface area contributed by atoms with Crippen molar-refractivity contribution in [3.8, 4) is 17.2 Å². The van der Waals surface area contributed by atoms with Crippen LogP contribution in [0.5, 0.6) is 17.2 Å². The van der Waals surface area contributed by atoms with E-state index in [0.717, 1.165) is 30.1 Å². The number of nitrogens with zero attached hydrogens (tertiary/aromatic N) is 2. The van der Waals surface area contributed by atoms with Gasteiger partial charge < -0.3 is 24.3 Å². The average molecular weight is 808 g/mol. The first kappa shape index (κ1) is 42.3. The van der Waals surface area contributed by atoms with Crippen molar-refractivity contribution in [3.63, 3.8) is 0 Å². The molecule has 13 nitrogen and oxygen atoms in total. The van der Waals surface area contributed by atoms with Crippen LogP contribution in [0.3, 0.4) is 0 Å². The first-order chi connectivity index (χ1) is 27.0. The molecule has 3 aromatic rings. The van der Waals surface area contributed by atoms with Crippen molar-refractivity contribution in [2.45, 2.75) is 89.0 Å². The third-order valence-electron chi connectivity index (χ3n) is 9.41. The number of rotatable bonds is 18. The van der Waals surface area contributed by atoms with Crippen LogP contribution < -0.4 is 19.5 Å². The van der Waals surface area contributed by atoms with Gasteiger partial charge in [0.05, 0.1) is 4.92 Å². The van der Waals surface area contributed by atoms with Crippen LogP contribution in [0.15, 0.2) is 84.1 Å². The van der Waals surface area contributed by atoms with Gasteiger partial charge in [0.1, 0.15) is 29.5 Å². The standard InChI is InChI=1S/C23H21N3O7S.C18H28O3S/c1-14-13-34-22-19(24-18(27)12-32-17-5-3-2-4-6-17)21(28)25(22)20(14)23(29)33-11-15-7-9-16(10-8-15)26(30)31;1-3-4-5-6-7-8-11-22(19)15(2)12-16-9-10-17-18(13-16)21-14-20-17/h2-10,19,22H,11-13H2,1H3,(H,24,27);9-10,13,15H,3-8,11-12,14H2,1-2H3/t19-,22+;/m0./s1. The highest BCUT2D eigenvalue weighted by atomic mass is 32.2. The number of unbranched alkanes of at least 4 members (excludes halogenated alkanes) is 5. The van der Waals surface area contributed by atoms with E-state index in [1.165, 1.54) is 78.6 Å². The van der Waals surface area contributed by atoms with Gasteiger partial charge in [-0.05, 0) is 72.9 Å². The number of carbonyl (C=O) groups is 3. The number of carbonyl (C=O) groups excluding carboxylic acids is 3. The van der Waals surface area contributed by atoms with Gasteiger partial charge in [-0.25, -0.2) is 4.79 Å². The molecule has 4 atom stereocenters. The highest BCUT2D eigenvalue weighted by Crippen LogP contribution is 2.40. The summed E-state index contributed by atoms with van der Waals surface area (Å²) in [5.74, 6) is 2.01. The van der Waals surface area contributed by atoms with E-state index in [9.17, 15) is 28.7 Å². The quantitative estimate of drug-likeness (QED) is 0.0470. The second-order valence-electron chi connectivity index (χ2n) is 13.7. The first-order valence-corrected chi connectivity index (χ1v) is 21.3. The minimum Gasteiger partial charge on any atom is -0.484 e. The molecule has 3 aliphatic rings. The molecule has 0 bridgehead atoms. The molecule has 300 valence electrons. The number of nitrogens with one attached hydrogen (secondary N) is 1. The number of hydrogen-bond donors (Lipinski definition) is 1. The van der Waals surface area contributed by atoms with Crippen molar-refractivity contribution in [1.82, 2.24) is 10.2 Å². The maximum atomic E-state index is 12.8. The molecule has 0 saturated carbocycles. The monoisotopic (exact) mass is 807 g/mol. The summed E-state index contributed by atoms with van der Waals surface area (Å²) in [6.45, 7) is 6.04. The van der Waals surface area contributed by atoms with E-state index in [1.807, 2.05) is 24.3 Å². The second kappa shape index (κ2) is 20.9. The van der Waals surface area contributed by atoms with Crippen LogP contribution in [0.1, 0.15) is 70.4 Å². The molecule has 3 heterocycles. The summed E-state index contributed by atoms with van der Waals surface area (Å²) in [7, 11) is -0.743. The molecule has 0 aromatic heterocycles. The molecule has 1 fully saturated rings. The van der Waals surface area contributed by atoms with Crippen molar-refractivity contribution in [2.24, 2.45) is 0 Å². The topological polar surface area (TPSA) is 164 Å². The third kappa shape index (κ3) is 11.6. The van der Waals surface area contributed by atoms with E-state index in [1.54, 1.807) is 31.2 Å². The lowest BCUT2D eigenvalue weighted by molar-refractivity contribution is -0.384. The van der Waals surface area contributed by atoms with Crippen molar-refractivity contribution < 1.29 is 42.5 Å². The molecule has 0 aliphatic carbocycles. The number of non-ortho nitro benzene ring substituents is 1. The molecule has 0 spiro atoms. The van der Waals surface area contributed by atoms with Crippen molar-refractivity contribution >= 4 is 46.0 Å². The number of β-lactam (4-membered cyclic amide) rings is 1. The maximum Gasteiger partial charge on any atom is 0.355 e. The molecule has 2 unspecified atom stereocenters. The Morgan fingerprint density at radius 2 is 1.70 bits per heavy atom. The summed E-state index contributed by atoms with van der Waals surface area (Å²) in [4.78, 5) is 49.5. The Balaban J connectivity index is 0.000000236. The molecule has 1 N–H and O–H groups in total. The van der Waals surface area contributed by atoms with Crippen LogP contribution in [0.25, 0.3) is 0 Å². The lowest BCUT2D eigenvalue weighted by Crippen LogP contribution is -2.70. The summed E-state index contributed by atoms with van der Waals surface area (Å²) < 4.78 is 33.8. The van der Waals surface area contributed by atoms with Gasteiger partial charge in [-0.2, -0.15) is 0 Å². The third-order valence-corrected chi connectivity index (χ3v) is 12.6. The Kier molecular flexibility index (Phi) is 15.7. The van der Waals surface area contributed by atoms with Gasteiger partial charge in [-0.15, -0.1) is 11.8 Å². The number of thioether (sulfide) groups is 1. The SMILES string of the molecule is CC1=C(C(=O)OCc2ccc([N+](=O)[O-])cc2)N2C(=O)[C@H](NC(=O)COc3ccccc3)[C@H]2SC1.CCCCCCCCS(=O)C(C)Cc1ccc2c(c1)OCO2. The Labute approximate surface area is 334 Å². The van der Waals surface area contributed by atoms with E-state index < -0.39 is 44.9 Å². The summed E-state index contributed by atoms with van der Waals surface area (Å²) in [6.07, 6.45) is 8.32. The number of ether oxygens (including phenoxy) is 4. The predicted molar refractivity (Wildman–Crippen MR) is 215 cm³/mol. The zero-order chi connectivity index (χ0) is 40.0. The Hall–Kier alpha value is -4.89. The van der Waals surface area contributed by atoms with Crippen molar-refractivity contribution in [3.05, 3.63) is 105 Å². The molecule has 56 heavy (non-hydrogen) atoms. The number of para-hydroxylation sites is 1. The molecule has 3 aromatic carbocycles. The average Bonchev–Trinajstić information content (AvgIpc) is 3.68. The second-order valence-corrected chi connectivity index (χ2v) is 16.8. The van der Waals surface area contributed by atoms with Crippen LogP contribution in [-0.2, 0) is 42.9 Å². The van der Waals surface area contributed by atoms with Gasteiger partial charge in [0, 0.05) is 39.7 Å². The van der Waals surface area contributed by atoms with Gasteiger partial charge in [0.2, 0.25) is 6.79 Å². The molecule has 1 saturated heterocycles. The number of nitro benzene ring substituents is 1. The van der Waals surface area contributed by atoms with Crippen LogP contribution >= 0.6 is 11.8 Å². The molecule has 0 radical (unpaired) electrons. The number of nitro groups is 1. The van der Waals surface area contributed by atoms with Crippen LogP contribution in [0.2, 0.25) is 0 Å². The number of benzene rings is 3. The van der Waals surface area contributed by atoms with Crippen LogP contribution in [0, 0.1) is 10.1 Å². The maximum absolute atomic E-state index is 12.8. The van der Waals surface area contributed by atoms with E-state index in [4.69, 9.17) is 18.9 Å². The summed E-state index contributed by atoms with van der Waals surface area (Å²) >= 11 is 1.45. The Bertz CT molecular complexity index is 1890. The van der Waals surface area contributed by atoms with E-state index >= 15 is 0 Å². The lowest BCUT2D eigenvalue weighted by Gasteiger charge is -2.49. The fourth-order valence-corrected chi connectivity index (χ4v) is 8.85. The number of fused-ring (bicyclic) bond motifs is 2. The fourth-order valence-electron chi connectivity index (χ4n) is 6.29. The zero-order valence-corrected chi connectivity index (χ0v) is 33.6.